The van der Waals surface area contributed by atoms with Crippen LogP contribution in [0.25, 0.3) is 0 Å². The Bertz CT molecular complexity index is 1620. The third kappa shape index (κ3) is 6.54. The van der Waals surface area contributed by atoms with E-state index in [-0.39, 0.29) is 40.1 Å². The largest absolute Gasteiger partial charge is 0.356 e. The number of ketones is 1. The van der Waals surface area contributed by atoms with Crippen molar-refractivity contribution in [1.29, 1.82) is 0 Å². The SMILES string of the molecule is CCc1nc(C(=O)[C@H](CC)NC(=O)[C@H](CS(=O)(=O)Cc2ccccn2)NC2=NS(=O)(=O)c3ccccc32)no1. The molecule has 1 amide bonds. The summed E-state index contributed by atoms with van der Waals surface area (Å²) >= 11 is 0. The monoisotopic (exact) mass is 574 g/mol. The van der Waals surface area contributed by atoms with E-state index in [1.54, 1.807) is 32.0 Å². The van der Waals surface area contributed by atoms with E-state index in [1.807, 2.05) is 0 Å². The molecule has 1 aromatic carbocycles. The molecule has 13 nitrogen and oxygen atoms in total. The van der Waals surface area contributed by atoms with Gasteiger partial charge in [-0.15, -0.1) is 4.40 Å². The first kappa shape index (κ1) is 28.0. The fourth-order valence-corrected chi connectivity index (χ4v) is 6.52. The Labute approximate surface area is 225 Å². The Hall–Kier alpha value is -3.98. The Morgan fingerprint density at radius 1 is 1.05 bits per heavy atom. The lowest BCUT2D eigenvalue weighted by Gasteiger charge is -2.22. The van der Waals surface area contributed by atoms with Gasteiger partial charge in [0.05, 0.1) is 23.2 Å². The molecule has 0 unspecified atom stereocenters. The second kappa shape index (κ2) is 11.4. The predicted molar refractivity (Wildman–Crippen MR) is 139 cm³/mol. The molecular weight excluding hydrogens is 548 g/mol. The van der Waals surface area contributed by atoms with Crippen LogP contribution in [0, 0.1) is 0 Å². The number of carbonyl (C=O) groups is 2. The smallest absolute Gasteiger partial charge is 0.285 e. The van der Waals surface area contributed by atoms with Crippen LogP contribution in [0.2, 0.25) is 0 Å². The molecule has 0 bridgehead atoms. The second-order valence-corrected chi connectivity index (χ2v) is 12.4. The normalized spacial score (nSPS) is 15.6. The van der Waals surface area contributed by atoms with Crippen LogP contribution in [-0.4, -0.2) is 67.3 Å². The maximum atomic E-state index is 13.4. The summed E-state index contributed by atoms with van der Waals surface area (Å²) in [6.45, 7) is 3.42. The summed E-state index contributed by atoms with van der Waals surface area (Å²) in [5.41, 5.74) is 0.465. The Morgan fingerprint density at radius 3 is 2.46 bits per heavy atom. The molecule has 0 saturated heterocycles. The number of aryl methyl sites for hydroxylation is 1. The molecule has 1 aliphatic rings. The van der Waals surface area contributed by atoms with E-state index >= 15 is 0 Å². The highest BCUT2D eigenvalue weighted by molar-refractivity contribution is 7.91. The second-order valence-electron chi connectivity index (χ2n) is 8.68. The number of sulfonamides is 1. The van der Waals surface area contributed by atoms with Gasteiger partial charge in [-0.25, -0.2) is 8.42 Å². The molecule has 1 aliphatic heterocycles. The number of nitrogens with one attached hydrogen (secondary N) is 2. The number of nitrogens with zero attached hydrogens (tertiary/aromatic N) is 4. The number of carbonyl (C=O) groups excluding carboxylic acids is 2. The maximum Gasteiger partial charge on any atom is 0.285 e. The van der Waals surface area contributed by atoms with E-state index in [0.29, 0.717) is 6.42 Å². The summed E-state index contributed by atoms with van der Waals surface area (Å²) < 4.78 is 59.9. The van der Waals surface area contributed by atoms with Gasteiger partial charge >= 0.3 is 0 Å². The fourth-order valence-electron chi connectivity index (χ4n) is 3.86. The van der Waals surface area contributed by atoms with E-state index in [9.17, 15) is 26.4 Å². The van der Waals surface area contributed by atoms with Gasteiger partial charge < -0.3 is 15.2 Å². The summed E-state index contributed by atoms with van der Waals surface area (Å²) in [4.78, 5) is 34.3. The number of Topliss-reactive ketones (excluding diaryl/α,β-unsaturated/α-hetero) is 1. The zero-order chi connectivity index (χ0) is 28.2. The van der Waals surface area contributed by atoms with Gasteiger partial charge in [0.1, 0.15) is 16.8 Å². The van der Waals surface area contributed by atoms with Crippen LogP contribution >= 0.6 is 0 Å². The molecule has 206 valence electrons. The number of benzene rings is 1. The first-order chi connectivity index (χ1) is 18.5. The number of hydrogen-bond donors (Lipinski definition) is 2. The lowest BCUT2D eigenvalue weighted by Crippen LogP contribution is -2.54. The van der Waals surface area contributed by atoms with E-state index < -0.39 is 55.1 Å². The molecule has 4 rings (SSSR count). The third-order valence-corrected chi connectivity index (χ3v) is 8.72. The van der Waals surface area contributed by atoms with Crippen LogP contribution in [0.5, 0.6) is 0 Å². The molecule has 0 radical (unpaired) electrons. The number of aromatic nitrogens is 3. The van der Waals surface area contributed by atoms with Crippen molar-refractivity contribution in [3.05, 3.63) is 71.6 Å². The Morgan fingerprint density at radius 2 is 1.79 bits per heavy atom. The van der Waals surface area contributed by atoms with Crippen LogP contribution in [0.1, 0.15) is 48.0 Å². The van der Waals surface area contributed by atoms with Crippen molar-refractivity contribution >= 4 is 37.4 Å². The zero-order valence-corrected chi connectivity index (χ0v) is 22.7. The quantitative estimate of drug-likeness (QED) is 0.308. The average molecular weight is 575 g/mol. The number of hydrogen-bond acceptors (Lipinski definition) is 11. The van der Waals surface area contributed by atoms with Crippen molar-refractivity contribution in [2.45, 2.75) is 49.4 Å². The lowest BCUT2D eigenvalue weighted by atomic mass is 10.1. The van der Waals surface area contributed by atoms with Crippen LogP contribution in [0.15, 0.2) is 62.5 Å². The average Bonchev–Trinajstić information content (AvgIpc) is 3.49. The zero-order valence-electron chi connectivity index (χ0n) is 21.1. The fraction of sp³-hybridized carbons (Fsp3) is 0.333. The van der Waals surface area contributed by atoms with Crippen LogP contribution < -0.4 is 10.6 Å². The van der Waals surface area contributed by atoms with Crippen molar-refractivity contribution in [2.75, 3.05) is 5.75 Å². The molecule has 0 saturated carbocycles. The van der Waals surface area contributed by atoms with Gasteiger partial charge in [-0.1, -0.05) is 37.2 Å². The van der Waals surface area contributed by atoms with Crippen molar-refractivity contribution < 1.29 is 30.9 Å². The van der Waals surface area contributed by atoms with Gasteiger partial charge in [0, 0.05) is 18.2 Å². The highest BCUT2D eigenvalue weighted by Crippen LogP contribution is 2.25. The summed E-state index contributed by atoms with van der Waals surface area (Å²) in [5.74, 6) is -2.81. The minimum absolute atomic E-state index is 0.0755. The number of amidine groups is 1. The minimum Gasteiger partial charge on any atom is -0.356 e. The van der Waals surface area contributed by atoms with Gasteiger partial charge in [0.2, 0.25) is 23.4 Å². The molecule has 2 N–H and O–H groups in total. The van der Waals surface area contributed by atoms with Crippen molar-refractivity contribution in [3.8, 4) is 0 Å². The van der Waals surface area contributed by atoms with Gasteiger partial charge in [-0.05, 0) is 30.7 Å². The molecular formula is C24H26N6O7S2. The predicted octanol–water partition coefficient (Wildman–Crippen LogP) is 0.827. The maximum absolute atomic E-state index is 13.4. The van der Waals surface area contributed by atoms with Crippen molar-refractivity contribution in [3.63, 3.8) is 0 Å². The summed E-state index contributed by atoms with van der Waals surface area (Å²) in [7, 11) is -8.00. The van der Waals surface area contributed by atoms with Crippen LogP contribution in [0.4, 0.5) is 0 Å². The number of fused-ring (bicyclic) bond motifs is 1. The molecule has 0 spiro atoms. The van der Waals surface area contributed by atoms with Crippen LogP contribution in [0.3, 0.4) is 0 Å². The number of rotatable bonds is 11. The van der Waals surface area contributed by atoms with E-state index in [4.69, 9.17) is 4.52 Å². The van der Waals surface area contributed by atoms with Gasteiger partial charge in [0.15, 0.2) is 9.84 Å². The van der Waals surface area contributed by atoms with Gasteiger partial charge in [0.25, 0.3) is 10.0 Å². The standard InChI is InChI=1S/C24H26N6O7S2/c1-3-17(21(31)23-28-20(4-2)37-29-23)27-24(32)18(14-38(33,34)13-15-9-7-8-12-25-15)26-22-16-10-5-6-11-19(16)39(35,36)30-22/h5-12,17-18H,3-4,13-14H2,1-2H3,(H,26,30)(H,27,32)/t17-,18-/m0/s1. The molecule has 15 heteroatoms. The third-order valence-electron chi connectivity index (χ3n) is 5.81. The highest BCUT2D eigenvalue weighted by atomic mass is 32.2. The van der Waals surface area contributed by atoms with Gasteiger partial charge in [-0.3, -0.25) is 14.6 Å². The molecule has 3 aromatic rings. The highest BCUT2D eigenvalue weighted by Gasteiger charge is 2.35. The Balaban J connectivity index is 1.61. The van der Waals surface area contributed by atoms with Crippen LogP contribution in [-0.2, 0) is 36.8 Å². The molecule has 0 aliphatic carbocycles. The number of pyridine rings is 1. The van der Waals surface area contributed by atoms with Crippen molar-refractivity contribution in [1.82, 2.24) is 25.8 Å². The molecule has 2 aromatic heterocycles. The Kier molecular flexibility index (Phi) is 8.20. The first-order valence-electron chi connectivity index (χ1n) is 12.0. The summed E-state index contributed by atoms with van der Waals surface area (Å²) in [5, 5.41) is 8.88. The van der Waals surface area contributed by atoms with Crippen molar-refractivity contribution in [2.24, 2.45) is 4.40 Å². The van der Waals surface area contributed by atoms with E-state index in [2.05, 4.69) is 30.2 Å². The molecule has 0 fully saturated rings. The first-order valence-corrected chi connectivity index (χ1v) is 15.3. The minimum atomic E-state index is -4.04. The molecule has 39 heavy (non-hydrogen) atoms. The summed E-state index contributed by atoms with van der Waals surface area (Å²) in [6.07, 6.45) is 2.00. The lowest BCUT2D eigenvalue weighted by molar-refractivity contribution is -0.122. The van der Waals surface area contributed by atoms with Gasteiger partial charge in [-0.2, -0.15) is 13.4 Å². The number of sulfone groups is 1. The topological polar surface area (TPSA) is 191 Å². The van der Waals surface area contributed by atoms with E-state index in [1.165, 1.54) is 30.5 Å². The summed E-state index contributed by atoms with van der Waals surface area (Å²) in [6, 6.07) is 8.17. The number of amides is 1. The van der Waals surface area contributed by atoms with E-state index in [0.717, 1.165) is 0 Å². The molecule has 3 heterocycles. The molecule has 2 atom stereocenters.